The molecule has 0 aromatic heterocycles. The number of rotatable bonds is 2. The molecule has 12 heavy (non-hydrogen) atoms. The number of hydrogen-bond donors (Lipinski definition) is 0. The van der Waals surface area contributed by atoms with Gasteiger partial charge < -0.3 is 4.74 Å². The molecule has 0 aliphatic carbocycles. The molecule has 0 heterocycles. The second-order valence-corrected chi connectivity index (χ2v) is 2.57. The molecule has 0 spiro atoms. The quantitative estimate of drug-likeness (QED) is 0.639. The van der Waals surface area contributed by atoms with Crippen LogP contribution >= 0.6 is 11.6 Å². The van der Waals surface area contributed by atoms with Gasteiger partial charge in [0, 0.05) is 0 Å². The van der Waals surface area contributed by atoms with Gasteiger partial charge in [-0.15, -0.1) is 0 Å². The minimum absolute atomic E-state index is 0.491. The van der Waals surface area contributed by atoms with Crippen LogP contribution in [-0.4, -0.2) is 6.61 Å². The van der Waals surface area contributed by atoms with Crippen LogP contribution in [0.4, 0.5) is 5.69 Å². The van der Waals surface area contributed by atoms with E-state index in [4.69, 9.17) is 22.9 Å². The van der Waals surface area contributed by atoms with Gasteiger partial charge >= 0.3 is 0 Å². The van der Waals surface area contributed by atoms with E-state index in [0.29, 0.717) is 23.1 Å². The van der Waals surface area contributed by atoms with Crippen molar-refractivity contribution in [2.24, 2.45) is 0 Å². The maximum absolute atomic E-state index is 6.74. The SMILES string of the molecule is [C-]#[N+]c1ccc(OCC)c(Cl)c1. The van der Waals surface area contributed by atoms with E-state index in [1.165, 1.54) is 0 Å². The zero-order valence-corrected chi connectivity index (χ0v) is 7.43. The highest BCUT2D eigenvalue weighted by Crippen LogP contribution is 2.28. The fourth-order valence-corrected chi connectivity index (χ4v) is 1.06. The first-order chi connectivity index (χ1) is 5.77. The van der Waals surface area contributed by atoms with Crippen LogP contribution in [0.5, 0.6) is 5.75 Å². The summed E-state index contributed by atoms with van der Waals surface area (Å²) in [5, 5.41) is 0.491. The summed E-state index contributed by atoms with van der Waals surface area (Å²) < 4.78 is 5.20. The molecule has 0 aliphatic rings. The Hall–Kier alpha value is -1.20. The molecule has 1 rings (SSSR count). The fourth-order valence-electron chi connectivity index (χ4n) is 0.832. The second-order valence-electron chi connectivity index (χ2n) is 2.16. The molecule has 0 amide bonds. The lowest BCUT2D eigenvalue weighted by molar-refractivity contribution is 0.340. The van der Waals surface area contributed by atoms with E-state index in [1.54, 1.807) is 18.2 Å². The van der Waals surface area contributed by atoms with Crippen LogP contribution in [0.2, 0.25) is 5.02 Å². The van der Waals surface area contributed by atoms with Crippen LogP contribution < -0.4 is 4.74 Å². The van der Waals surface area contributed by atoms with Gasteiger partial charge in [-0.2, -0.15) is 0 Å². The minimum Gasteiger partial charge on any atom is -0.492 e. The standard InChI is InChI=1S/C9H8ClNO/c1-3-12-9-5-4-7(11-2)6-8(9)10/h4-6H,3H2,1H3. The Bertz CT molecular complexity index is 317. The predicted octanol–water partition coefficient (Wildman–Crippen LogP) is 3.29. The van der Waals surface area contributed by atoms with Gasteiger partial charge in [-0.3, -0.25) is 0 Å². The first-order valence-electron chi connectivity index (χ1n) is 3.57. The van der Waals surface area contributed by atoms with Crippen LogP contribution in [0.3, 0.4) is 0 Å². The molecule has 0 saturated carbocycles. The summed E-state index contributed by atoms with van der Waals surface area (Å²) in [6.07, 6.45) is 0. The lowest BCUT2D eigenvalue weighted by Crippen LogP contribution is -1.91. The number of benzene rings is 1. The van der Waals surface area contributed by atoms with Crippen LogP contribution in [0.15, 0.2) is 18.2 Å². The molecule has 0 N–H and O–H groups in total. The largest absolute Gasteiger partial charge is 0.492 e. The van der Waals surface area contributed by atoms with Crippen LogP contribution in [-0.2, 0) is 0 Å². The molecule has 1 aromatic carbocycles. The van der Waals surface area contributed by atoms with Gasteiger partial charge in [0.15, 0.2) is 5.69 Å². The van der Waals surface area contributed by atoms with Gasteiger partial charge in [0.05, 0.1) is 18.2 Å². The summed E-state index contributed by atoms with van der Waals surface area (Å²) in [6, 6.07) is 4.99. The van der Waals surface area contributed by atoms with Crippen molar-refractivity contribution < 1.29 is 4.74 Å². The third-order valence-corrected chi connectivity index (χ3v) is 1.64. The van der Waals surface area contributed by atoms with Crippen molar-refractivity contribution >= 4 is 17.3 Å². The third kappa shape index (κ3) is 1.90. The molecule has 0 fully saturated rings. The average Bonchev–Trinajstić information content (AvgIpc) is 2.09. The zero-order chi connectivity index (χ0) is 8.97. The highest BCUT2D eigenvalue weighted by molar-refractivity contribution is 6.32. The summed E-state index contributed by atoms with van der Waals surface area (Å²) in [4.78, 5) is 3.24. The number of ether oxygens (including phenoxy) is 1. The smallest absolute Gasteiger partial charge is 0.188 e. The molecule has 2 nitrogen and oxygen atoms in total. The molecule has 0 saturated heterocycles. The van der Waals surface area contributed by atoms with Gasteiger partial charge in [0.2, 0.25) is 0 Å². The highest BCUT2D eigenvalue weighted by atomic mass is 35.5. The Labute approximate surface area is 76.5 Å². The lowest BCUT2D eigenvalue weighted by atomic mass is 10.3. The van der Waals surface area contributed by atoms with Gasteiger partial charge in [0.25, 0.3) is 0 Å². The van der Waals surface area contributed by atoms with Crippen molar-refractivity contribution in [3.8, 4) is 5.75 Å². The third-order valence-electron chi connectivity index (χ3n) is 1.34. The van der Waals surface area contributed by atoms with Gasteiger partial charge in [-0.05, 0) is 19.1 Å². The van der Waals surface area contributed by atoms with E-state index < -0.39 is 0 Å². The zero-order valence-electron chi connectivity index (χ0n) is 6.67. The van der Waals surface area contributed by atoms with E-state index >= 15 is 0 Å². The number of hydrogen-bond acceptors (Lipinski definition) is 1. The van der Waals surface area contributed by atoms with Gasteiger partial charge in [0.1, 0.15) is 5.75 Å². The van der Waals surface area contributed by atoms with Crippen LogP contribution in [0.25, 0.3) is 4.85 Å². The molecule has 62 valence electrons. The van der Waals surface area contributed by atoms with Crippen LogP contribution in [0.1, 0.15) is 6.92 Å². The second kappa shape index (κ2) is 3.99. The Morgan fingerprint density at radius 2 is 2.33 bits per heavy atom. The van der Waals surface area contributed by atoms with E-state index in [-0.39, 0.29) is 0 Å². The maximum atomic E-state index is 6.74. The molecule has 3 heteroatoms. The molecule has 0 bridgehead atoms. The maximum Gasteiger partial charge on any atom is 0.188 e. The highest BCUT2D eigenvalue weighted by Gasteiger charge is 2.00. The fraction of sp³-hybridized carbons (Fsp3) is 0.222. The molecule has 0 atom stereocenters. The Morgan fingerprint density at radius 1 is 1.58 bits per heavy atom. The van der Waals surface area contributed by atoms with E-state index in [9.17, 15) is 0 Å². The van der Waals surface area contributed by atoms with Gasteiger partial charge in [-0.1, -0.05) is 17.7 Å². The predicted molar refractivity (Wildman–Crippen MR) is 48.9 cm³/mol. The number of halogens is 1. The number of nitrogens with zero attached hydrogens (tertiary/aromatic N) is 1. The molecule has 0 unspecified atom stereocenters. The average molecular weight is 182 g/mol. The van der Waals surface area contributed by atoms with Crippen molar-refractivity contribution in [1.29, 1.82) is 0 Å². The Morgan fingerprint density at radius 3 is 2.83 bits per heavy atom. The van der Waals surface area contributed by atoms with E-state index in [0.717, 1.165) is 0 Å². The first kappa shape index (κ1) is 8.89. The van der Waals surface area contributed by atoms with Crippen molar-refractivity contribution in [3.63, 3.8) is 0 Å². The Kier molecular flexibility index (Phi) is 2.95. The van der Waals surface area contributed by atoms with Crippen molar-refractivity contribution in [2.75, 3.05) is 6.61 Å². The lowest BCUT2D eigenvalue weighted by Gasteiger charge is -2.04. The minimum atomic E-state index is 0.491. The Balaban J connectivity index is 2.97. The first-order valence-corrected chi connectivity index (χ1v) is 3.95. The van der Waals surface area contributed by atoms with Crippen molar-refractivity contribution in [3.05, 3.63) is 34.6 Å². The van der Waals surface area contributed by atoms with Crippen molar-refractivity contribution in [2.45, 2.75) is 6.92 Å². The molecule has 0 aliphatic heterocycles. The van der Waals surface area contributed by atoms with Gasteiger partial charge in [-0.25, -0.2) is 4.85 Å². The summed E-state index contributed by atoms with van der Waals surface area (Å²) in [5.41, 5.74) is 0.531. The van der Waals surface area contributed by atoms with Crippen molar-refractivity contribution in [1.82, 2.24) is 0 Å². The summed E-state index contributed by atoms with van der Waals surface area (Å²) >= 11 is 5.82. The summed E-state index contributed by atoms with van der Waals surface area (Å²) in [6.45, 7) is 9.21. The molecular weight excluding hydrogens is 174 g/mol. The van der Waals surface area contributed by atoms with Crippen LogP contribution in [0, 0.1) is 6.57 Å². The monoisotopic (exact) mass is 181 g/mol. The summed E-state index contributed by atoms with van der Waals surface area (Å²) in [7, 11) is 0. The summed E-state index contributed by atoms with van der Waals surface area (Å²) in [5.74, 6) is 0.631. The van der Waals surface area contributed by atoms with E-state index in [1.807, 2.05) is 6.92 Å². The normalized spacial score (nSPS) is 9.08. The topological polar surface area (TPSA) is 13.6 Å². The molecular formula is C9H8ClNO. The molecule has 1 aromatic rings. The molecule has 0 radical (unpaired) electrons. The van der Waals surface area contributed by atoms with E-state index in [2.05, 4.69) is 4.85 Å².